The topological polar surface area (TPSA) is 166 Å². The van der Waals surface area contributed by atoms with E-state index in [1.54, 1.807) is 13.8 Å². The van der Waals surface area contributed by atoms with Gasteiger partial charge in [-0.3, -0.25) is 14.4 Å². The molecule has 0 radical (unpaired) electrons. The molecule has 0 unspecified atom stereocenters. The third kappa shape index (κ3) is 6.11. The quantitative estimate of drug-likeness (QED) is 0.282. The summed E-state index contributed by atoms with van der Waals surface area (Å²) in [6, 6.07) is 2.60. The first-order valence-corrected chi connectivity index (χ1v) is 16.7. The van der Waals surface area contributed by atoms with Crippen LogP contribution in [0.15, 0.2) is 42.0 Å². The summed E-state index contributed by atoms with van der Waals surface area (Å²) < 4.78 is 54.3. The monoisotopic (exact) mass is 740 g/mol. The Bertz CT molecular complexity index is 2240. The first-order chi connectivity index (χ1) is 24.7. The smallest absolute Gasteiger partial charge is 0.416 e. The van der Waals surface area contributed by atoms with Gasteiger partial charge in [-0.2, -0.15) is 22.7 Å². The van der Waals surface area contributed by atoms with Gasteiger partial charge in [-0.05, 0) is 62.5 Å². The fourth-order valence-electron chi connectivity index (χ4n) is 6.96. The van der Waals surface area contributed by atoms with E-state index in [4.69, 9.17) is 21.1 Å². The molecule has 1 aromatic carbocycles. The highest BCUT2D eigenvalue weighted by Gasteiger charge is 2.51. The van der Waals surface area contributed by atoms with Gasteiger partial charge >= 0.3 is 6.18 Å². The minimum absolute atomic E-state index is 0.0363. The third-order valence-electron chi connectivity index (χ3n) is 9.44. The van der Waals surface area contributed by atoms with Gasteiger partial charge in [0.2, 0.25) is 11.7 Å². The van der Waals surface area contributed by atoms with E-state index in [1.807, 2.05) is 6.08 Å². The average molecular weight is 741 g/mol. The number of nitrogens with zero attached hydrogens (tertiary/aromatic N) is 7. The highest BCUT2D eigenvalue weighted by Crippen LogP contribution is 2.48. The van der Waals surface area contributed by atoms with E-state index < -0.39 is 47.4 Å². The number of halogens is 4. The second-order valence-electron chi connectivity index (χ2n) is 12.8. The van der Waals surface area contributed by atoms with Gasteiger partial charge in [-0.1, -0.05) is 24.3 Å². The van der Waals surface area contributed by atoms with Gasteiger partial charge in [-0.25, -0.2) is 9.97 Å². The van der Waals surface area contributed by atoms with Crippen LogP contribution in [0.5, 0.6) is 5.75 Å². The van der Waals surface area contributed by atoms with Crippen molar-refractivity contribution in [1.82, 2.24) is 34.0 Å². The Labute approximate surface area is 298 Å². The van der Waals surface area contributed by atoms with E-state index in [0.29, 0.717) is 30.9 Å². The molecule has 3 aromatic heterocycles. The number of alkyl halides is 3. The molecule has 7 rings (SSSR count). The number of rotatable bonds is 6. The van der Waals surface area contributed by atoms with Crippen LogP contribution in [0.3, 0.4) is 0 Å². The van der Waals surface area contributed by atoms with Crippen molar-refractivity contribution in [2.75, 3.05) is 31.6 Å². The average Bonchev–Trinajstić information content (AvgIpc) is 3.67. The molecular formula is C34H32ClF3N8O6. The van der Waals surface area contributed by atoms with Gasteiger partial charge in [0.25, 0.3) is 11.5 Å². The third-order valence-corrected chi connectivity index (χ3v) is 9.75. The number of hydrogen-bond donors (Lipinski definition) is 2. The van der Waals surface area contributed by atoms with Crippen molar-refractivity contribution >= 4 is 46.0 Å². The van der Waals surface area contributed by atoms with Crippen molar-refractivity contribution in [3.63, 3.8) is 0 Å². The summed E-state index contributed by atoms with van der Waals surface area (Å²) >= 11 is 6.13. The molecule has 272 valence electrons. The number of likely N-dealkylation sites (tertiary alicyclic amines) is 1. The maximum atomic E-state index is 14.4. The van der Waals surface area contributed by atoms with Crippen LogP contribution in [-0.2, 0) is 32.6 Å². The lowest BCUT2D eigenvalue weighted by molar-refractivity contribution is -0.137. The molecule has 1 atom stereocenters. The second-order valence-corrected chi connectivity index (χ2v) is 13.2. The molecule has 0 saturated carbocycles. The van der Waals surface area contributed by atoms with Crippen LogP contribution in [0.25, 0.3) is 16.9 Å². The van der Waals surface area contributed by atoms with Gasteiger partial charge in [0.15, 0.2) is 17.3 Å². The largest absolute Gasteiger partial charge is 0.504 e. The number of ether oxygens (including phenoxy) is 2. The van der Waals surface area contributed by atoms with E-state index in [1.165, 1.54) is 15.8 Å². The van der Waals surface area contributed by atoms with Gasteiger partial charge in [0.05, 0.1) is 46.8 Å². The van der Waals surface area contributed by atoms with Crippen molar-refractivity contribution in [3.05, 3.63) is 86.6 Å². The van der Waals surface area contributed by atoms with E-state index in [0.717, 1.165) is 28.3 Å². The first-order valence-electron chi connectivity index (χ1n) is 16.3. The zero-order valence-corrected chi connectivity index (χ0v) is 28.7. The maximum absolute atomic E-state index is 14.4. The number of aromatic hydroxyl groups is 1. The number of allylic oxidation sites excluding steroid dienone is 1. The van der Waals surface area contributed by atoms with Gasteiger partial charge in [0.1, 0.15) is 24.2 Å². The molecule has 0 aliphatic carbocycles. The number of hydrogen-bond acceptors (Lipinski definition) is 10. The Balaban J connectivity index is 1.25. The van der Waals surface area contributed by atoms with E-state index in [-0.39, 0.29) is 70.9 Å². The SMILES string of the molecule is C=C(C)c1ncnc(C(=O)N2CCC3(CC2)O[C@H](C)c2c3c(=O)n3nc(C4=CCOCC4)nc3n2CC(=O)Nc2ccc(C(F)(F)F)cc2Cl)c1O. The summed E-state index contributed by atoms with van der Waals surface area (Å²) in [5, 5.41) is 17.5. The molecule has 0 bridgehead atoms. The fourth-order valence-corrected chi connectivity index (χ4v) is 7.19. The summed E-state index contributed by atoms with van der Waals surface area (Å²) in [7, 11) is 0. The summed E-state index contributed by atoms with van der Waals surface area (Å²) in [6.07, 6.45) is -1.47. The highest BCUT2D eigenvalue weighted by atomic mass is 35.5. The summed E-state index contributed by atoms with van der Waals surface area (Å²) in [4.78, 5) is 55.7. The molecule has 2 N–H and O–H groups in total. The first kappa shape index (κ1) is 35.3. The minimum atomic E-state index is -4.62. The summed E-state index contributed by atoms with van der Waals surface area (Å²) in [5.74, 6) is -1.21. The molecule has 1 spiro atoms. The van der Waals surface area contributed by atoms with Gasteiger partial charge in [-0.15, -0.1) is 5.10 Å². The van der Waals surface area contributed by atoms with Gasteiger partial charge < -0.3 is 29.4 Å². The Morgan fingerprint density at radius 3 is 2.58 bits per heavy atom. The van der Waals surface area contributed by atoms with E-state index in [2.05, 4.69) is 31.9 Å². The number of benzene rings is 1. The molecular weight excluding hydrogens is 709 g/mol. The van der Waals surface area contributed by atoms with Gasteiger partial charge in [0, 0.05) is 13.1 Å². The molecule has 2 amide bonds. The predicted molar refractivity (Wildman–Crippen MR) is 180 cm³/mol. The van der Waals surface area contributed by atoms with E-state index >= 15 is 0 Å². The Kier molecular flexibility index (Phi) is 8.91. The molecule has 1 fully saturated rings. The van der Waals surface area contributed by atoms with Crippen LogP contribution in [-0.4, -0.2) is 77.3 Å². The number of carbonyl (C=O) groups is 2. The number of fused-ring (bicyclic) bond motifs is 3. The predicted octanol–water partition coefficient (Wildman–Crippen LogP) is 4.76. The standard InChI is InChI=1S/C34H32ClF3N8O6/c1-17(2)25-28(48)26(40-16-39-25)31(50)44-10-8-33(9-11-44)24-27(18(3)52-33)45(15-23(47)41-22-5-4-20(14-21(22)35)34(36,37)38)32-42-29(43-46(32)30(24)49)19-6-12-51-13-7-19/h4-6,14,16,18,48H,1,7-13,15H2,2-3H3,(H,41,47)/t18-/m1/s1. The number of anilines is 1. The molecule has 4 aromatic rings. The van der Waals surface area contributed by atoms with Crippen molar-refractivity contribution in [2.45, 2.75) is 57.5 Å². The molecule has 3 aliphatic rings. The molecule has 6 heterocycles. The van der Waals surface area contributed by atoms with E-state index in [9.17, 15) is 32.7 Å². The van der Waals surface area contributed by atoms with Crippen molar-refractivity contribution in [2.24, 2.45) is 0 Å². The lowest BCUT2D eigenvalue weighted by Crippen LogP contribution is -2.47. The minimum Gasteiger partial charge on any atom is -0.504 e. The van der Waals surface area contributed by atoms with Crippen LogP contribution in [0.4, 0.5) is 18.9 Å². The Morgan fingerprint density at radius 2 is 1.92 bits per heavy atom. The maximum Gasteiger partial charge on any atom is 0.416 e. The second kappa shape index (κ2) is 13.1. The molecule has 1 saturated heterocycles. The lowest BCUT2D eigenvalue weighted by Gasteiger charge is -2.39. The number of nitrogens with one attached hydrogen (secondary N) is 1. The number of piperidine rings is 1. The highest BCUT2D eigenvalue weighted by molar-refractivity contribution is 6.33. The molecule has 18 heteroatoms. The number of amides is 2. The Hall–Kier alpha value is -5.13. The fraction of sp³-hybridized carbons (Fsp3) is 0.382. The molecule has 3 aliphatic heterocycles. The summed E-state index contributed by atoms with van der Waals surface area (Å²) in [5.41, 5.74) is -0.839. The van der Waals surface area contributed by atoms with Crippen molar-refractivity contribution < 1.29 is 37.3 Å². The normalized spacial score (nSPS) is 18.4. The summed E-state index contributed by atoms with van der Waals surface area (Å²) in [6.45, 7) is 7.79. The van der Waals surface area contributed by atoms with Crippen LogP contribution >= 0.6 is 11.6 Å². The molecule has 14 nitrogen and oxygen atoms in total. The van der Waals surface area contributed by atoms with Crippen molar-refractivity contribution in [1.29, 1.82) is 0 Å². The Morgan fingerprint density at radius 1 is 1.19 bits per heavy atom. The molecule has 52 heavy (non-hydrogen) atoms. The zero-order chi connectivity index (χ0) is 37.1. The zero-order valence-electron chi connectivity index (χ0n) is 28.0. The lowest BCUT2D eigenvalue weighted by atomic mass is 9.85. The van der Waals surface area contributed by atoms with Crippen LogP contribution in [0.1, 0.15) is 78.0 Å². The van der Waals surface area contributed by atoms with Crippen LogP contribution < -0.4 is 10.9 Å². The number of aromatic nitrogens is 6. The van der Waals surface area contributed by atoms with Crippen molar-refractivity contribution in [3.8, 4) is 5.75 Å². The van der Waals surface area contributed by atoms with Crippen LogP contribution in [0, 0.1) is 0 Å². The van der Waals surface area contributed by atoms with Crippen LogP contribution in [0.2, 0.25) is 5.02 Å². The number of carbonyl (C=O) groups excluding carboxylic acids is 2.